The first kappa shape index (κ1) is 13.5. The maximum Gasteiger partial charge on any atom is 0.255 e. The van der Waals surface area contributed by atoms with Gasteiger partial charge in [-0.05, 0) is 22.4 Å². The van der Waals surface area contributed by atoms with E-state index in [2.05, 4.69) is 26.2 Å². The topological polar surface area (TPSA) is 91.8 Å². The molecule has 0 aliphatic heterocycles. The van der Waals surface area contributed by atoms with Gasteiger partial charge in [0.1, 0.15) is 0 Å². The summed E-state index contributed by atoms with van der Waals surface area (Å²) in [5.41, 5.74) is 6.43. The lowest BCUT2D eigenvalue weighted by Crippen LogP contribution is -2.34. The lowest BCUT2D eigenvalue weighted by Gasteiger charge is -2.14. The number of hydrogen-bond donors (Lipinski definition) is 2. The van der Waals surface area contributed by atoms with Crippen molar-refractivity contribution in [1.82, 2.24) is 10.3 Å². The summed E-state index contributed by atoms with van der Waals surface area (Å²) in [4.78, 5) is 15.8. The first-order valence-corrected chi connectivity index (χ1v) is 5.96. The van der Waals surface area contributed by atoms with Crippen LogP contribution in [0.2, 0.25) is 0 Å². The minimum atomic E-state index is -0.307. The second-order valence-corrected chi connectivity index (χ2v) is 4.38. The summed E-state index contributed by atoms with van der Waals surface area (Å²) in [6.07, 6.45) is 3.91. The predicted octanol–water partition coefficient (Wildman–Crippen LogP) is 1.85. The average Bonchev–Trinajstić information content (AvgIpc) is 2.31. The Kier molecular flexibility index (Phi) is 4.91. The molecule has 17 heavy (non-hydrogen) atoms. The SMILES string of the molecule is CCC(CC#N)NC(=O)c1cncc(Br)c1N. The monoisotopic (exact) mass is 296 g/mol. The van der Waals surface area contributed by atoms with E-state index in [9.17, 15) is 4.79 Å². The van der Waals surface area contributed by atoms with E-state index in [0.29, 0.717) is 22.1 Å². The second kappa shape index (κ2) is 6.21. The van der Waals surface area contributed by atoms with Crippen LogP contribution in [0.3, 0.4) is 0 Å². The number of nitrogen functional groups attached to an aromatic ring is 1. The normalized spacial score (nSPS) is 11.6. The maximum atomic E-state index is 11.9. The van der Waals surface area contributed by atoms with Gasteiger partial charge in [0.15, 0.2) is 0 Å². The predicted molar refractivity (Wildman–Crippen MR) is 68.1 cm³/mol. The lowest BCUT2D eigenvalue weighted by atomic mass is 10.1. The highest BCUT2D eigenvalue weighted by atomic mass is 79.9. The van der Waals surface area contributed by atoms with E-state index in [1.54, 1.807) is 0 Å². The Labute approximate surface area is 108 Å². The summed E-state index contributed by atoms with van der Waals surface area (Å²) < 4.78 is 0.582. The molecule has 0 saturated heterocycles. The largest absolute Gasteiger partial charge is 0.397 e. The Hall–Kier alpha value is -1.61. The molecule has 0 radical (unpaired) electrons. The van der Waals surface area contributed by atoms with Gasteiger partial charge in [-0.1, -0.05) is 6.92 Å². The summed E-state index contributed by atoms with van der Waals surface area (Å²) in [5.74, 6) is -0.307. The molecule has 0 bridgehead atoms. The van der Waals surface area contributed by atoms with Crippen molar-refractivity contribution in [2.75, 3.05) is 5.73 Å². The van der Waals surface area contributed by atoms with Crippen LogP contribution in [0.15, 0.2) is 16.9 Å². The Bertz CT molecular complexity index is 455. The zero-order valence-electron chi connectivity index (χ0n) is 9.40. The molecule has 1 unspecified atom stereocenters. The molecular formula is C11H13BrN4O. The van der Waals surface area contributed by atoms with Crippen LogP contribution in [0.25, 0.3) is 0 Å². The van der Waals surface area contributed by atoms with Crippen molar-refractivity contribution in [2.45, 2.75) is 25.8 Å². The molecule has 0 aliphatic rings. The fourth-order valence-electron chi connectivity index (χ4n) is 1.30. The number of nitrogens with zero attached hydrogens (tertiary/aromatic N) is 2. The number of carbonyl (C=O) groups excluding carboxylic acids is 1. The van der Waals surface area contributed by atoms with E-state index >= 15 is 0 Å². The maximum absolute atomic E-state index is 11.9. The van der Waals surface area contributed by atoms with E-state index in [-0.39, 0.29) is 18.4 Å². The van der Waals surface area contributed by atoms with Crippen LogP contribution < -0.4 is 11.1 Å². The van der Waals surface area contributed by atoms with Crippen molar-refractivity contribution in [1.29, 1.82) is 5.26 Å². The van der Waals surface area contributed by atoms with Crippen LogP contribution in [0.1, 0.15) is 30.1 Å². The number of nitrogens with one attached hydrogen (secondary N) is 1. The minimum absolute atomic E-state index is 0.161. The standard InChI is InChI=1S/C11H13BrN4O/c1-2-7(3-4-13)16-11(17)8-5-15-6-9(12)10(8)14/h5-7H,2-3H2,1H3,(H2,14,15)(H,16,17). The summed E-state index contributed by atoms with van der Waals surface area (Å²) in [5, 5.41) is 11.4. The van der Waals surface area contributed by atoms with Crippen LogP contribution in [0, 0.1) is 11.3 Å². The molecule has 1 aromatic rings. The third-order valence-electron chi connectivity index (χ3n) is 2.35. The van der Waals surface area contributed by atoms with Crippen molar-refractivity contribution in [3.63, 3.8) is 0 Å². The number of nitrogens with two attached hydrogens (primary N) is 1. The molecule has 0 aromatic carbocycles. The first-order valence-electron chi connectivity index (χ1n) is 5.16. The van der Waals surface area contributed by atoms with Gasteiger partial charge in [0.25, 0.3) is 5.91 Å². The number of aromatic nitrogens is 1. The molecule has 0 fully saturated rings. The number of carbonyl (C=O) groups is 1. The van der Waals surface area contributed by atoms with Crippen molar-refractivity contribution in [2.24, 2.45) is 0 Å². The number of anilines is 1. The molecule has 1 rings (SSSR count). The van der Waals surface area contributed by atoms with E-state index in [4.69, 9.17) is 11.0 Å². The van der Waals surface area contributed by atoms with Crippen molar-refractivity contribution < 1.29 is 4.79 Å². The fraction of sp³-hybridized carbons (Fsp3) is 0.364. The number of pyridine rings is 1. The van der Waals surface area contributed by atoms with Gasteiger partial charge in [-0.25, -0.2) is 0 Å². The van der Waals surface area contributed by atoms with Crippen molar-refractivity contribution >= 4 is 27.5 Å². The van der Waals surface area contributed by atoms with Crippen LogP contribution in [0.5, 0.6) is 0 Å². The highest BCUT2D eigenvalue weighted by Gasteiger charge is 2.15. The van der Waals surface area contributed by atoms with Crippen molar-refractivity contribution in [3.05, 3.63) is 22.4 Å². The van der Waals surface area contributed by atoms with Crippen molar-refractivity contribution in [3.8, 4) is 6.07 Å². The zero-order chi connectivity index (χ0) is 12.8. The number of nitriles is 1. The van der Waals surface area contributed by atoms with Crippen LogP contribution in [-0.4, -0.2) is 16.9 Å². The first-order chi connectivity index (χ1) is 8.10. The second-order valence-electron chi connectivity index (χ2n) is 3.52. The number of halogens is 1. The molecule has 90 valence electrons. The van der Waals surface area contributed by atoms with Crippen LogP contribution in [0.4, 0.5) is 5.69 Å². The molecule has 0 aliphatic carbocycles. The molecule has 1 heterocycles. The highest BCUT2D eigenvalue weighted by Crippen LogP contribution is 2.21. The fourth-order valence-corrected chi connectivity index (χ4v) is 1.63. The molecule has 0 saturated carbocycles. The Balaban J connectivity index is 2.83. The Morgan fingerprint density at radius 1 is 1.71 bits per heavy atom. The van der Waals surface area contributed by atoms with Gasteiger partial charge in [0, 0.05) is 18.4 Å². The summed E-state index contributed by atoms with van der Waals surface area (Å²) in [6.45, 7) is 1.91. The highest BCUT2D eigenvalue weighted by molar-refractivity contribution is 9.10. The van der Waals surface area contributed by atoms with Gasteiger partial charge in [-0.3, -0.25) is 9.78 Å². The van der Waals surface area contributed by atoms with Gasteiger partial charge in [0.05, 0.1) is 28.2 Å². The molecular weight excluding hydrogens is 284 g/mol. The van der Waals surface area contributed by atoms with Gasteiger partial charge < -0.3 is 11.1 Å². The number of rotatable bonds is 4. The van der Waals surface area contributed by atoms with E-state index in [1.807, 2.05) is 13.0 Å². The molecule has 1 atom stereocenters. The smallest absolute Gasteiger partial charge is 0.255 e. The summed E-state index contributed by atoms with van der Waals surface area (Å²) in [7, 11) is 0. The third-order valence-corrected chi connectivity index (χ3v) is 2.98. The summed E-state index contributed by atoms with van der Waals surface area (Å²) in [6, 6.07) is 1.87. The summed E-state index contributed by atoms with van der Waals surface area (Å²) >= 11 is 3.21. The molecule has 5 nitrogen and oxygen atoms in total. The number of hydrogen-bond acceptors (Lipinski definition) is 4. The molecule has 3 N–H and O–H groups in total. The quantitative estimate of drug-likeness (QED) is 0.887. The minimum Gasteiger partial charge on any atom is -0.397 e. The average molecular weight is 297 g/mol. The Morgan fingerprint density at radius 3 is 3.00 bits per heavy atom. The number of amides is 1. The van der Waals surface area contributed by atoms with Gasteiger partial charge in [-0.2, -0.15) is 5.26 Å². The van der Waals surface area contributed by atoms with E-state index in [0.717, 1.165) is 0 Å². The van der Waals surface area contributed by atoms with E-state index < -0.39 is 0 Å². The van der Waals surface area contributed by atoms with E-state index in [1.165, 1.54) is 12.4 Å². The molecule has 1 amide bonds. The van der Waals surface area contributed by atoms with Gasteiger partial charge in [-0.15, -0.1) is 0 Å². The van der Waals surface area contributed by atoms with Crippen LogP contribution in [-0.2, 0) is 0 Å². The molecule has 1 aromatic heterocycles. The third kappa shape index (κ3) is 3.43. The molecule has 0 spiro atoms. The zero-order valence-corrected chi connectivity index (χ0v) is 11.0. The Morgan fingerprint density at radius 2 is 2.41 bits per heavy atom. The molecule has 6 heteroatoms. The van der Waals surface area contributed by atoms with Gasteiger partial charge >= 0.3 is 0 Å². The van der Waals surface area contributed by atoms with Crippen LogP contribution >= 0.6 is 15.9 Å². The lowest BCUT2D eigenvalue weighted by molar-refractivity contribution is 0.0937. The van der Waals surface area contributed by atoms with Gasteiger partial charge in [0.2, 0.25) is 0 Å².